The fraction of sp³-hybridized carbons (Fsp3) is 0.278. The van der Waals surface area contributed by atoms with Gasteiger partial charge in [0.25, 0.3) is 0 Å². The normalized spacial score (nSPS) is 12.1. The minimum Gasteiger partial charge on any atom is -0.311 e. The van der Waals surface area contributed by atoms with Crippen molar-refractivity contribution in [3.05, 3.63) is 62.7 Å². The molecule has 0 spiro atoms. The lowest BCUT2D eigenvalue weighted by Crippen LogP contribution is -2.33. The van der Waals surface area contributed by atoms with E-state index in [-0.39, 0.29) is 9.77 Å². The Morgan fingerprint density at radius 2 is 1.96 bits per heavy atom. The third kappa shape index (κ3) is 4.25. The highest BCUT2D eigenvalue weighted by atomic mass is 35.5. The summed E-state index contributed by atoms with van der Waals surface area (Å²) in [5, 5.41) is 3.89. The topological polar surface area (TPSA) is 71.4 Å². The van der Waals surface area contributed by atoms with Gasteiger partial charge in [0, 0.05) is 38.8 Å². The predicted octanol–water partition coefficient (Wildman–Crippen LogP) is 2.66. The van der Waals surface area contributed by atoms with Crippen molar-refractivity contribution >= 4 is 43.2 Å². The molecule has 9 heteroatoms. The summed E-state index contributed by atoms with van der Waals surface area (Å²) in [6.45, 7) is 1.40. The molecule has 0 aliphatic heterocycles. The number of benzene rings is 2. The fourth-order valence-electron chi connectivity index (χ4n) is 2.73. The zero-order chi connectivity index (χ0) is 19.6. The molecule has 0 saturated heterocycles. The van der Waals surface area contributed by atoms with E-state index in [9.17, 15) is 13.2 Å². The highest BCUT2D eigenvalue weighted by Crippen LogP contribution is 2.27. The van der Waals surface area contributed by atoms with Crippen molar-refractivity contribution in [2.45, 2.75) is 11.4 Å². The number of halogens is 1. The van der Waals surface area contributed by atoms with Crippen molar-refractivity contribution in [1.82, 2.24) is 14.2 Å². The number of likely N-dealkylation sites (N-methyl/N-ethyl adjacent to an activating group) is 1. The van der Waals surface area contributed by atoms with Crippen molar-refractivity contribution in [2.75, 3.05) is 20.1 Å². The van der Waals surface area contributed by atoms with Gasteiger partial charge in [0.1, 0.15) is 4.90 Å². The van der Waals surface area contributed by atoms with Gasteiger partial charge in [0.2, 0.25) is 10.0 Å². The molecule has 0 bridgehead atoms. The zero-order valence-electron chi connectivity index (χ0n) is 15.0. The first-order chi connectivity index (χ1) is 12.8. The van der Waals surface area contributed by atoms with Gasteiger partial charge >= 0.3 is 4.87 Å². The van der Waals surface area contributed by atoms with E-state index >= 15 is 0 Å². The molecule has 1 N–H and O–H groups in total. The summed E-state index contributed by atoms with van der Waals surface area (Å²) in [6.07, 6.45) is 0. The van der Waals surface area contributed by atoms with Crippen LogP contribution >= 0.6 is 22.9 Å². The molecule has 3 rings (SSSR count). The van der Waals surface area contributed by atoms with Crippen LogP contribution in [0.1, 0.15) is 5.56 Å². The van der Waals surface area contributed by atoms with Gasteiger partial charge in [-0.25, -0.2) is 8.42 Å². The standard InChI is InChI=1S/C18H20ClN3O3S2/c1-21(10-9-20-12-13-5-3-6-14(19)11-13)27(24,25)16-8-4-7-15-17(16)26-18(23)22(15)2/h3-8,11,20H,9-10,12H2,1-2H3. The lowest BCUT2D eigenvalue weighted by atomic mass is 10.2. The Labute approximate surface area is 167 Å². The van der Waals surface area contributed by atoms with Crippen LogP contribution in [0.25, 0.3) is 10.2 Å². The second-order valence-electron chi connectivity index (χ2n) is 6.16. The quantitative estimate of drug-likeness (QED) is 0.591. The van der Waals surface area contributed by atoms with Gasteiger partial charge in [-0.1, -0.05) is 41.1 Å². The number of hydrogen-bond acceptors (Lipinski definition) is 5. The van der Waals surface area contributed by atoms with Crippen molar-refractivity contribution in [3.63, 3.8) is 0 Å². The van der Waals surface area contributed by atoms with Gasteiger partial charge in [-0.3, -0.25) is 4.79 Å². The van der Waals surface area contributed by atoms with Crippen molar-refractivity contribution in [2.24, 2.45) is 7.05 Å². The first kappa shape index (κ1) is 20.0. The first-order valence-corrected chi connectivity index (χ1v) is 10.9. The summed E-state index contributed by atoms with van der Waals surface area (Å²) in [5.74, 6) is 0. The molecule has 0 saturated carbocycles. The van der Waals surface area contributed by atoms with E-state index in [0.29, 0.717) is 34.9 Å². The highest BCUT2D eigenvalue weighted by Gasteiger charge is 2.24. The van der Waals surface area contributed by atoms with Gasteiger partial charge in [-0.15, -0.1) is 0 Å². The number of aromatic nitrogens is 1. The Kier molecular flexibility index (Phi) is 6.02. The number of sulfonamides is 1. The molecule has 0 aliphatic rings. The molecule has 0 atom stereocenters. The van der Waals surface area contributed by atoms with Crippen LogP contribution in [-0.2, 0) is 23.6 Å². The van der Waals surface area contributed by atoms with Crippen molar-refractivity contribution < 1.29 is 8.42 Å². The minimum atomic E-state index is -3.69. The number of thiazole rings is 1. The monoisotopic (exact) mass is 425 g/mol. The molecule has 3 aromatic rings. The van der Waals surface area contributed by atoms with Gasteiger partial charge in [-0.05, 0) is 29.8 Å². The largest absolute Gasteiger partial charge is 0.311 e. The molecule has 6 nitrogen and oxygen atoms in total. The van der Waals surface area contributed by atoms with E-state index in [1.165, 1.54) is 8.87 Å². The molecule has 1 aromatic heterocycles. The molecule has 0 radical (unpaired) electrons. The smallest absolute Gasteiger partial charge is 0.307 e. The van der Waals surface area contributed by atoms with Crippen LogP contribution in [0, 0.1) is 0 Å². The van der Waals surface area contributed by atoms with Crippen LogP contribution in [0.2, 0.25) is 5.02 Å². The van der Waals surface area contributed by atoms with E-state index in [1.807, 2.05) is 24.3 Å². The Balaban J connectivity index is 1.70. The van der Waals surface area contributed by atoms with Crippen LogP contribution in [0.3, 0.4) is 0 Å². The maximum atomic E-state index is 13.0. The van der Waals surface area contributed by atoms with Gasteiger partial charge < -0.3 is 9.88 Å². The van der Waals surface area contributed by atoms with E-state index in [2.05, 4.69) is 5.32 Å². The molecule has 1 heterocycles. The molecular formula is C18H20ClN3O3S2. The molecule has 0 aliphatic carbocycles. The van der Waals surface area contributed by atoms with Crippen LogP contribution in [0.5, 0.6) is 0 Å². The Morgan fingerprint density at radius 1 is 1.22 bits per heavy atom. The van der Waals surface area contributed by atoms with Crippen LogP contribution in [-0.4, -0.2) is 37.4 Å². The second-order valence-corrected chi connectivity index (χ2v) is 9.58. The summed E-state index contributed by atoms with van der Waals surface area (Å²) in [6, 6.07) is 12.5. The zero-order valence-corrected chi connectivity index (χ0v) is 17.4. The third-order valence-corrected chi connectivity index (χ3v) is 7.64. The van der Waals surface area contributed by atoms with Crippen molar-refractivity contribution in [3.8, 4) is 0 Å². The number of nitrogens with one attached hydrogen (secondary N) is 1. The van der Waals surface area contributed by atoms with Crippen LogP contribution in [0.4, 0.5) is 0 Å². The van der Waals surface area contributed by atoms with Gasteiger partial charge in [0.15, 0.2) is 0 Å². The number of aryl methyl sites for hydroxylation is 1. The van der Waals surface area contributed by atoms with Crippen LogP contribution in [0.15, 0.2) is 52.2 Å². The summed E-state index contributed by atoms with van der Waals surface area (Å²) in [5.41, 5.74) is 1.66. The number of fused-ring (bicyclic) bond motifs is 1. The highest BCUT2D eigenvalue weighted by molar-refractivity contribution is 7.89. The number of nitrogens with zero attached hydrogens (tertiary/aromatic N) is 2. The van der Waals surface area contributed by atoms with Crippen molar-refractivity contribution in [1.29, 1.82) is 0 Å². The van der Waals surface area contributed by atoms with Gasteiger partial charge in [-0.2, -0.15) is 4.31 Å². The minimum absolute atomic E-state index is 0.167. The summed E-state index contributed by atoms with van der Waals surface area (Å²) < 4.78 is 29.2. The van der Waals surface area contributed by atoms with Crippen LogP contribution < -0.4 is 10.2 Å². The fourth-order valence-corrected chi connectivity index (χ4v) is 5.53. The van der Waals surface area contributed by atoms with E-state index in [0.717, 1.165) is 16.9 Å². The molecule has 0 unspecified atom stereocenters. The van der Waals surface area contributed by atoms with E-state index in [1.54, 1.807) is 32.3 Å². The molecule has 144 valence electrons. The third-order valence-electron chi connectivity index (χ3n) is 4.29. The Bertz CT molecular complexity index is 1120. The average molecular weight is 426 g/mol. The summed E-state index contributed by atoms with van der Waals surface area (Å²) in [4.78, 5) is 11.9. The maximum absolute atomic E-state index is 13.0. The molecule has 2 aromatic carbocycles. The second kappa shape index (κ2) is 8.12. The molecular weight excluding hydrogens is 406 g/mol. The average Bonchev–Trinajstić information content (AvgIpc) is 2.93. The Morgan fingerprint density at radius 3 is 2.70 bits per heavy atom. The van der Waals surface area contributed by atoms with Gasteiger partial charge in [0.05, 0.1) is 10.2 Å². The van der Waals surface area contributed by atoms with E-state index < -0.39 is 10.0 Å². The molecule has 0 fully saturated rings. The SMILES string of the molecule is CN(CCNCc1cccc(Cl)c1)S(=O)(=O)c1cccc2c1sc(=O)n2C. The number of rotatable bonds is 7. The predicted molar refractivity (Wildman–Crippen MR) is 110 cm³/mol. The summed E-state index contributed by atoms with van der Waals surface area (Å²) >= 11 is 6.91. The maximum Gasteiger partial charge on any atom is 0.307 e. The van der Waals surface area contributed by atoms with E-state index in [4.69, 9.17) is 11.6 Å². The lowest BCUT2D eigenvalue weighted by molar-refractivity contribution is 0.459. The lowest BCUT2D eigenvalue weighted by Gasteiger charge is -2.18. The summed E-state index contributed by atoms with van der Waals surface area (Å²) in [7, 11) is -0.508. The molecule has 0 amide bonds. The number of hydrogen-bond donors (Lipinski definition) is 1. The first-order valence-electron chi connectivity index (χ1n) is 8.31. The Hall–Kier alpha value is -1.71. The molecule has 27 heavy (non-hydrogen) atoms.